The van der Waals surface area contributed by atoms with Gasteiger partial charge in [0.2, 0.25) is 0 Å². The topological polar surface area (TPSA) is 59.2 Å². The van der Waals surface area contributed by atoms with Crippen LogP contribution in [0.3, 0.4) is 0 Å². The summed E-state index contributed by atoms with van der Waals surface area (Å²) >= 11 is 7.36. The van der Waals surface area contributed by atoms with Crippen LogP contribution in [0.15, 0.2) is 29.6 Å². The maximum Gasteiger partial charge on any atom is 0.273 e. The minimum Gasteiger partial charge on any atom is -0.337 e. The van der Waals surface area contributed by atoms with Crippen LogP contribution in [-0.4, -0.2) is 28.9 Å². The Morgan fingerprint density at radius 3 is 2.70 bits per heavy atom. The highest BCUT2D eigenvalue weighted by molar-refractivity contribution is 7.09. The Bertz CT molecular complexity index is 667. The van der Waals surface area contributed by atoms with Gasteiger partial charge in [-0.2, -0.15) is 0 Å². The van der Waals surface area contributed by atoms with Gasteiger partial charge < -0.3 is 10.6 Å². The van der Waals surface area contributed by atoms with E-state index in [-0.39, 0.29) is 5.91 Å². The third kappa shape index (κ3) is 4.53. The number of aromatic nitrogens is 1. The number of halogens is 1. The summed E-state index contributed by atoms with van der Waals surface area (Å²) in [5.74, 6) is 0.665. The Hall–Kier alpha value is -1.43. The van der Waals surface area contributed by atoms with Crippen molar-refractivity contribution in [2.75, 3.05) is 13.1 Å². The second-order valence-corrected chi connectivity index (χ2v) is 7.28. The van der Waals surface area contributed by atoms with Gasteiger partial charge in [0.15, 0.2) is 0 Å². The van der Waals surface area contributed by atoms with Gasteiger partial charge in [-0.3, -0.25) is 4.79 Å². The van der Waals surface area contributed by atoms with Gasteiger partial charge in [-0.05, 0) is 42.9 Å². The Morgan fingerprint density at radius 2 is 2.09 bits per heavy atom. The SMILES string of the molecule is NCc1nc(C(=O)N(CCc2ccc(Cl)cc2)CC2CC2)cs1. The molecule has 0 radical (unpaired) electrons. The smallest absolute Gasteiger partial charge is 0.273 e. The zero-order valence-electron chi connectivity index (χ0n) is 12.9. The van der Waals surface area contributed by atoms with Gasteiger partial charge in [0, 0.05) is 30.0 Å². The predicted molar refractivity (Wildman–Crippen MR) is 93.8 cm³/mol. The highest BCUT2D eigenvalue weighted by Gasteiger charge is 2.28. The summed E-state index contributed by atoms with van der Waals surface area (Å²) in [7, 11) is 0. The number of benzene rings is 1. The number of rotatable bonds is 7. The highest BCUT2D eigenvalue weighted by atomic mass is 35.5. The molecule has 0 saturated heterocycles. The quantitative estimate of drug-likeness (QED) is 0.833. The molecule has 1 heterocycles. The van der Waals surface area contributed by atoms with Crippen molar-refractivity contribution >= 4 is 28.8 Å². The maximum absolute atomic E-state index is 12.7. The monoisotopic (exact) mass is 349 g/mol. The fourth-order valence-electron chi connectivity index (χ4n) is 2.47. The predicted octanol–water partition coefficient (Wildman–Crippen LogP) is 3.35. The lowest BCUT2D eigenvalue weighted by atomic mass is 10.1. The molecule has 1 saturated carbocycles. The Morgan fingerprint density at radius 1 is 1.35 bits per heavy atom. The van der Waals surface area contributed by atoms with Gasteiger partial charge in [-0.1, -0.05) is 23.7 Å². The van der Waals surface area contributed by atoms with E-state index < -0.39 is 0 Å². The first-order chi connectivity index (χ1) is 11.2. The fourth-order valence-corrected chi connectivity index (χ4v) is 3.24. The van der Waals surface area contributed by atoms with Crippen LogP contribution in [0.2, 0.25) is 5.02 Å². The molecule has 0 unspecified atom stereocenters. The second-order valence-electron chi connectivity index (χ2n) is 5.90. The van der Waals surface area contributed by atoms with Gasteiger partial charge in [0.25, 0.3) is 5.91 Å². The van der Waals surface area contributed by atoms with Crippen LogP contribution in [0.4, 0.5) is 0 Å². The lowest BCUT2D eigenvalue weighted by Crippen LogP contribution is -2.35. The lowest BCUT2D eigenvalue weighted by Gasteiger charge is -2.22. The Kier molecular flexibility index (Phi) is 5.30. The van der Waals surface area contributed by atoms with Gasteiger partial charge >= 0.3 is 0 Å². The summed E-state index contributed by atoms with van der Waals surface area (Å²) in [5, 5.41) is 3.35. The van der Waals surface area contributed by atoms with E-state index in [1.54, 1.807) is 0 Å². The van der Waals surface area contributed by atoms with Crippen LogP contribution in [0, 0.1) is 5.92 Å². The molecule has 122 valence electrons. The van der Waals surface area contributed by atoms with Crippen molar-refractivity contribution in [3.63, 3.8) is 0 Å². The number of hydrogen-bond acceptors (Lipinski definition) is 4. The van der Waals surface area contributed by atoms with Gasteiger partial charge in [0.1, 0.15) is 10.7 Å². The molecule has 0 spiro atoms. The molecule has 6 heteroatoms. The van der Waals surface area contributed by atoms with Crippen molar-refractivity contribution in [1.29, 1.82) is 0 Å². The van der Waals surface area contributed by atoms with Crippen molar-refractivity contribution in [3.05, 3.63) is 50.9 Å². The molecule has 1 aromatic carbocycles. The third-order valence-corrected chi connectivity index (χ3v) is 5.11. The summed E-state index contributed by atoms with van der Waals surface area (Å²) in [6.45, 7) is 1.90. The molecule has 0 bridgehead atoms. The molecule has 3 rings (SSSR count). The molecule has 1 fully saturated rings. The third-order valence-electron chi connectivity index (χ3n) is 3.99. The molecule has 2 N–H and O–H groups in total. The largest absolute Gasteiger partial charge is 0.337 e. The molecule has 1 aromatic heterocycles. The average Bonchev–Trinajstić information content (AvgIpc) is 3.25. The summed E-state index contributed by atoms with van der Waals surface area (Å²) in [4.78, 5) is 19.0. The summed E-state index contributed by atoms with van der Waals surface area (Å²) in [6.07, 6.45) is 3.26. The van der Waals surface area contributed by atoms with Crippen molar-refractivity contribution < 1.29 is 4.79 Å². The van der Waals surface area contributed by atoms with Crippen molar-refractivity contribution in [1.82, 2.24) is 9.88 Å². The van der Waals surface area contributed by atoms with E-state index in [1.807, 2.05) is 34.5 Å². The molecule has 0 aliphatic heterocycles. The van der Waals surface area contributed by atoms with Crippen LogP contribution in [0.25, 0.3) is 0 Å². The van der Waals surface area contributed by atoms with E-state index in [2.05, 4.69) is 4.98 Å². The molecule has 4 nitrogen and oxygen atoms in total. The number of nitrogens with zero attached hydrogens (tertiary/aromatic N) is 2. The van der Waals surface area contributed by atoms with Crippen molar-refractivity contribution in [3.8, 4) is 0 Å². The molecular weight excluding hydrogens is 330 g/mol. The van der Waals surface area contributed by atoms with Crippen LogP contribution in [0.1, 0.15) is 33.9 Å². The first kappa shape index (κ1) is 16.4. The second kappa shape index (κ2) is 7.43. The zero-order valence-corrected chi connectivity index (χ0v) is 14.4. The molecule has 23 heavy (non-hydrogen) atoms. The summed E-state index contributed by atoms with van der Waals surface area (Å²) in [6, 6.07) is 7.80. The molecule has 0 atom stereocenters. The van der Waals surface area contributed by atoms with Gasteiger partial charge in [-0.15, -0.1) is 11.3 Å². The molecule has 1 aliphatic rings. The Balaban J connectivity index is 1.66. The van der Waals surface area contributed by atoms with E-state index >= 15 is 0 Å². The number of thiazole rings is 1. The van der Waals surface area contributed by atoms with Crippen LogP contribution < -0.4 is 5.73 Å². The Labute approximate surface area is 145 Å². The number of amides is 1. The summed E-state index contributed by atoms with van der Waals surface area (Å²) in [5.41, 5.74) is 7.29. The van der Waals surface area contributed by atoms with Crippen LogP contribution in [0.5, 0.6) is 0 Å². The number of nitrogens with two attached hydrogens (primary N) is 1. The van der Waals surface area contributed by atoms with Gasteiger partial charge in [0.05, 0.1) is 0 Å². The fraction of sp³-hybridized carbons (Fsp3) is 0.412. The minimum atomic E-state index is 0.0156. The lowest BCUT2D eigenvalue weighted by molar-refractivity contribution is 0.0744. The zero-order chi connectivity index (χ0) is 16.2. The van der Waals surface area contributed by atoms with E-state index in [4.69, 9.17) is 17.3 Å². The molecule has 2 aromatic rings. The number of hydrogen-bond donors (Lipinski definition) is 1. The molecule has 1 amide bonds. The average molecular weight is 350 g/mol. The normalized spacial score (nSPS) is 14.0. The maximum atomic E-state index is 12.7. The molecular formula is C17H20ClN3OS. The number of carbonyl (C=O) groups is 1. The summed E-state index contributed by atoms with van der Waals surface area (Å²) < 4.78 is 0. The standard InChI is InChI=1S/C17H20ClN3OS/c18-14-5-3-12(4-6-14)7-8-21(10-13-1-2-13)17(22)15-11-23-16(9-19)20-15/h3-6,11,13H,1-2,7-10,19H2. The van der Waals surface area contributed by atoms with Crippen LogP contribution in [-0.2, 0) is 13.0 Å². The first-order valence-electron chi connectivity index (χ1n) is 7.84. The number of carbonyl (C=O) groups excluding carboxylic acids is 1. The highest BCUT2D eigenvalue weighted by Crippen LogP contribution is 2.30. The minimum absolute atomic E-state index is 0.0156. The first-order valence-corrected chi connectivity index (χ1v) is 9.09. The van der Waals surface area contributed by atoms with E-state index in [0.29, 0.717) is 24.7 Å². The van der Waals surface area contributed by atoms with E-state index in [0.717, 1.165) is 23.0 Å². The van der Waals surface area contributed by atoms with Gasteiger partial charge in [-0.25, -0.2) is 4.98 Å². The molecule has 1 aliphatic carbocycles. The van der Waals surface area contributed by atoms with E-state index in [9.17, 15) is 4.79 Å². The van der Waals surface area contributed by atoms with Crippen molar-refractivity contribution in [2.24, 2.45) is 11.7 Å². The van der Waals surface area contributed by atoms with Crippen molar-refractivity contribution in [2.45, 2.75) is 25.8 Å². The van der Waals surface area contributed by atoms with E-state index in [1.165, 1.54) is 29.7 Å². The van der Waals surface area contributed by atoms with Crippen LogP contribution >= 0.6 is 22.9 Å².